The second kappa shape index (κ2) is 3.81. The van der Waals surface area contributed by atoms with Gasteiger partial charge in [-0.25, -0.2) is 0 Å². The molecule has 1 aliphatic rings. The molecule has 2 heteroatoms. The molecule has 0 amide bonds. The summed E-state index contributed by atoms with van der Waals surface area (Å²) in [5, 5.41) is 4.84. The highest BCUT2D eigenvalue weighted by molar-refractivity contribution is 5.79. The molecular weight excluding hydrogens is 208 g/mol. The quantitative estimate of drug-likeness (QED) is 0.869. The first-order valence-electron chi connectivity index (χ1n) is 6.26. The topological polar surface area (TPSA) is 24.9 Å². The summed E-state index contributed by atoms with van der Waals surface area (Å²) in [4.78, 5) is 4.52. The molecule has 0 saturated heterocycles. The summed E-state index contributed by atoms with van der Waals surface area (Å²) in [6.45, 7) is 5.28. The van der Waals surface area contributed by atoms with Gasteiger partial charge in [0.1, 0.15) is 0 Å². The molecule has 1 aromatic carbocycles. The van der Waals surface area contributed by atoms with Gasteiger partial charge in [-0.05, 0) is 50.5 Å². The molecule has 0 radical (unpaired) electrons. The monoisotopic (exact) mass is 226 g/mol. The zero-order valence-electron chi connectivity index (χ0n) is 10.5. The summed E-state index contributed by atoms with van der Waals surface area (Å²) in [7, 11) is 0. The lowest BCUT2D eigenvalue weighted by Gasteiger charge is -2.11. The van der Waals surface area contributed by atoms with E-state index in [1.54, 1.807) is 0 Å². The van der Waals surface area contributed by atoms with Crippen molar-refractivity contribution in [2.45, 2.75) is 38.8 Å². The Bertz CT molecular complexity index is 556. The van der Waals surface area contributed by atoms with Gasteiger partial charge < -0.3 is 5.32 Å². The fourth-order valence-electron chi connectivity index (χ4n) is 2.07. The molecular formula is C15H18N2. The van der Waals surface area contributed by atoms with E-state index in [-0.39, 0.29) is 0 Å². The maximum Gasteiger partial charge on any atom is 0.0705 e. The number of aromatic nitrogens is 1. The lowest BCUT2D eigenvalue weighted by Crippen LogP contribution is -2.26. The maximum atomic E-state index is 4.52. The third-order valence-electron chi connectivity index (χ3n) is 3.61. The van der Waals surface area contributed by atoms with Gasteiger partial charge in [0, 0.05) is 23.2 Å². The van der Waals surface area contributed by atoms with Crippen molar-refractivity contribution in [2.75, 3.05) is 0 Å². The van der Waals surface area contributed by atoms with Crippen molar-refractivity contribution < 1.29 is 0 Å². The first-order valence-corrected chi connectivity index (χ1v) is 6.26. The van der Waals surface area contributed by atoms with E-state index in [0.717, 1.165) is 17.8 Å². The molecule has 0 unspecified atom stereocenters. The van der Waals surface area contributed by atoms with E-state index in [0.29, 0.717) is 5.54 Å². The van der Waals surface area contributed by atoms with E-state index in [2.05, 4.69) is 47.6 Å². The van der Waals surface area contributed by atoms with Gasteiger partial charge in [0.15, 0.2) is 0 Å². The van der Waals surface area contributed by atoms with Crippen LogP contribution < -0.4 is 5.32 Å². The first kappa shape index (κ1) is 10.7. The Morgan fingerprint density at radius 1 is 1.24 bits per heavy atom. The van der Waals surface area contributed by atoms with Crippen LogP contribution in [0.2, 0.25) is 0 Å². The zero-order chi connectivity index (χ0) is 11.9. The van der Waals surface area contributed by atoms with E-state index < -0.39 is 0 Å². The van der Waals surface area contributed by atoms with Crippen LogP contribution in [0.5, 0.6) is 0 Å². The number of nitrogens with zero attached hydrogens (tertiary/aromatic N) is 1. The van der Waals surface area contributed by atoms with Crippen LogP contribution in [0.15, 0.2) is 30.3 Å². The summed E-state index contributed by atoms with van der Waals surface area (Å²) in [5.74, 6) is 0. The van der Waals surface area contributed by atoms with Gasteiger partial charge in [-0.3, -0.25) is 4.98 Å². The average molecular weight is 226 g/mol. The molecule has 0 spiro atoms. The second-order valence-electron chi connectivity index (χ2n) is 5.39. The maximum absolute atomic E-state index is 4.52. The van der Waals surface area contributed by atoms with Gasteiger partial charge in [-0.1, -0.05) is 12.1 Å². The minimum absolute atomic E-state index is 0.403. The summed E-state index contributed by atoms with van der Waals surface area (Å²) in [6.07, 6.45) is 2.61. The van der Waals surface area contributed by atoms with Gasteiger partial charge in [0.25, 0.3) is 0 Å². The number of hydrogen-bond acceptors (Lipinski definition) is 2. The molecule has 2 aromatic rings. The molecule has 1 fully saturated rings. The molecule has 0 bridgehead atoms. The largest absolute Gasteiger partial charge is 0.307 e. The van der Waals surface area contributed by atoms with Gasteiger partial charge in [-0.15, -0.1) is 0 Å². The number of fused-ring (bicyclic) bond motifs is 1. The Labute approximate surface area is 102 Å². The molecule has 1 saturated carbocycles. The van der Waals surface area contributed by atoms with Crippen molar-refractivity contribution in [3.05, 3.63) is 41.6 Å². The number of pyridine rings is 1. The highest BCUT2D eigenvalue weighted by Gasteiger charge is 2.36. The van der Waals surface area contributed by atoms with Crippen molar-refractivity contribution in [3.63, 3.8) is 0 Å². The van der Waals surface area contributed by atoms with Crippen LogP contribution in [0.3, 0.4) is 0 Å². The minimum atomic E-state index is 0.403. The van der Waals surface area contributed by atoms with Gasteiger partial charge in [0.05, 0.1) is 5.52 Å². The number of rotatable bonds is 3. The third kappa shape index (κ3) is 2.32. The number of hydrogen-bond donors (Lipinski definition) is 1. The summed E-state index contributed by atoms with van der Waals surface area (Å²) in [5.41, 5.74) is 3.91. The molecule has 3 rings (SSSR count). The predicted molar refractivity (Wildman–Crippen MR) is 71.0 cm³/mol. The zero-order valence-corrected chi connectivity index (χ0v) is 10.5. The molecule has 0 aliphatic heterocycles. The van der Waals surface area contributed by atoms with Crippen LogP contribution in [0.1, 0.15) is 31.0 Å². The highest BCUT2D eigenvalue weighted by Crippen LogP contribution is 2.34. The molecule has 1 N–H and O–H groups in total. The summed E-state index contributed by atoms with van der Waals surface area (Å²) < 4.78 is 0. The smallest absolute Gasteiger partial charge is 0.0705 e. The van der Waals surface area contributed by atoms with Crippen LogP contribution in [0, 0.1) is 6.92 Å². The van der Waals surface area contributed by atoms with Gasteiger partial charge in [0.2, 0.25) is 0 Å². The van der Waals surface area contributed by atoms with Crippen LogP contribution in [-0.2, 0) is 6.54 Å². The SMILES string of the molecule is Cc1ccc2cc(CNC3(C)CC3)ccc2n1. The molecule has 0 atom stereocenters. The molecule has 2 nitrogen and oxygen atoms in total. The lowest BCUT2D eigenvalue weighted by atomic mass is 10.1. The van der Waals surface area contributed by atoms with E-state index >= 15 is 0 Å². The Morgan fingerprint density at radius 3 is 2.82 bits per heavy atom. The van der Waals surface area contributed by atoms with Gasteiger partial charge >= 0.3 is 0 Å². The van der Waals surface area contributed by atoms with Crippen LogP contribution >= 0.6 is 0 Å². The Balaban J connectivity index is 1.83. The average Bonchev–Trinajstić information content (AvgIpc) is 3.05. The molecule has 1 heterocycles. The fraction of sp³-hybridized carbons (Fsp3) is 0.400. The molecule has 1 aliphatic carbocycles. The van der Waals surface area contributed by atoms with Crippen LogP contribution in [0.25, 0.3) is 10.9 Å². The van der Waals surface area contributed by atoms with Crippen molar-refractivity contribution in [2.24, 2.45) is 0 Å². The molecule has 1 aromatic heterocycles. The third-order valence-corrected chi connectivity index (χ3v) is 3.61. The van der Waals surface area contributed by atoms with E-state index in [1.165, 1.54) is 23.8 Å². The summed E-state index contributed by atoms with van der Waals surface area (Å²) in [6, 6.07) is 10.8. The number of benzene rings is 1. The van der Waals surface area contributed by atoms with E-state index in [1.807, 2.05) is 6.92 Å². The van der Waals surface area contributed by atoms with Crippen molar-refractivity contribution in [1.82, 2.24) is 10.3 Å². The lowest BCUT2D eigenvalue weighted by molar-refractivity contribution is 0.538. The van der Waals surface area contributed by atoms with E-state index in [4.69, 9.17) is 0 Å². The van der Waals surface area contributed by atoms with E-state index in [9.17, 15) is 0 Å². The Kier molecular flexibility index (Phi) is 2.40. The van der Waals surface area contributed by atoms with Gasteiger partial charge in [-0.2, -0.15) is 0 Å². The summed E-state index contributed by atoms with van der Waals surface area (Å²) >= 11 is 0. The first-order chi connectivity index (χ1) is 8.15. The minimum Gasteiger partial charge on any atom is -0.307 e. The Hall–Kier alpha value is -1.41. The van der Waals surface area contributed by atoms with Crippen LogP contribution in [0.4, 0.5) is 0 Å². The number of nitrogens with one attached hydrogen (secondary N) is 1. The second-order valence-corrected chi connectivity index (χ2v) is 5.39. The molecule has 88 valence electrons. The predicted octanol–water partition coefficient (Wildman–Crippen LogP) is 3.19. The fourth-order valence-corrected chi connectivity index (χ4v) is 2.07. The van der Waals surface area contributed by atoms with Crippen molar-refractivity contribution in [1.29, 1.82) is 0 Å². The van der Waals surface area contributed by atoms with Crippen molar-refractivity contribution in [3.8, 4) is 0 Å². The normalized spacial score (nSPS) is 17.3. The van der Waals surface area contributed by atoms with Crippen LogP contribution in [-0.4, -0.2) is 10.5 Å². The Morgan fingerprint density at radius 2 is 2.06 bits per heavy atom. The standard InChI is InChI=1S/C15H18N2/c1-11-3-5-13-9-12(4-6-14(13)17-11)10-16-15(2)7-8-15/h3-6,9,16H,7-8,10H2,1-2H3. The van der Waals surface area contributed by atoms with Crippen molar-refractivity contribution >= 4 is 10.9 Å². The molecule has 17 heavy (non-hydrogen) atoms. The number of aryl methyl sites for hydroxylation is 1. The highest BCUT2D eigenvalue weighted by atomic mass is 15.0.